The van der Waals surface area contributed by atoms with Crippen molar-refractivity contribution in [2.45, 2.75) is 26.4 Å². The smallest absolute Gasteiger partial charge is 0.507 e. The molecule has 1 N–H and O–H groups in total. The maximum atomic E-state index is 11.5. The number of para-hydroxylation sites is 1. The fourth-order valence-corrected chi connectivity index (χ4v) is 0.979. The molecule has 0 unspecified atom stereocenters. The molecule has 0 fully saturated rings. The molecule has 3 nitrogen and oxygen atoms in total. The summed E-state index contributed by atoms with van der Waals surface area (Å²) >= 11 is 0. The number of phenols is 1. The van der Waals surface area contributed by atoms with Crippen molar-refractivity contribution < 1.29 is 31.4 Å². The van der Waals surface area contributed by atoms with Gasteiger partial charge in [0.25, 0.3) is 0 Å². The van der Waals surface area contributed by atoms with Crippen LogP contribution in [-0.4, -0.2) is 16.7 Å². The first-order chi connectivity index (χ1) is 6.40. The number of phenolic OH excluding ortho intramolecular Hbond substituents is 1. The summed E-state index contributed by atoms with van der Waals surface area (Å²) in [7, 11) is 0. The summed E-state index contributed by atoms with van der Waals surface area (Å²) in [5, 5.41) is 9.38. The molecule has 0 amide bonds. The van der Waals surface area contributed by atoms with Crippen molar-refractivity contribution in [2.24, 2.45) is 0 Å². The minimum atomic E-state index is -0.542. The van der Waals surface area contributed by atoms with Gasteiger partial charge in [-0.25, -0.2) is 4.79 Å². The van der Waals surface area contributed by atoms with Gasteiger partial charge >= 0.3 is 22.7 Å². The quantitative estimate of drug-likeness (QED) is 0.781. The first kappa shape index (κ1) is 14.0. The molecule has 0 aromatic heterocycles. The van der Waals surface area contributed by atoms with Crippen molar-refractivity contribution in [1.29, 1.82) is 0 Å². The van der Waals surface area contributed by atoms with Gasteiger partial charge in [-0.2, -0.15) is 0 Å². The van der Waals surface area contributed by atoms with E-state index in [0.29, 0.717) is 0 Å². The molecule has 0 aliphatic heterocycles. The van der Waals surface area contributed by atoms with E-state index in [1.54, 1.807) is 32.9 Å². The number of aromatic hydroxyl groups is 1. The van der Waals surface area contributed by atoms with E-state index in [4.69, 9.17) is 4.74 Å². The van der Waals surface area contributed by atoms with Gasteiger partial charge < -0.3 is 9.84 Å². The van der Waals surface area contributed by atoms with Gasteiger partial charge in [-0.05, 0) is 32.9 Å². The summed E-state index contributed by atoms with van der Waals surface area (Å²) in [4.78, 5) is 11.5. The van der Waals surface area contributed by atoms with Crippen LogP contribution in [0.5, 0.6) is 5.75 Å². The number of ether oxygens (including phenoxy) is 1. The van der Waals surface area contributed by atoms with E-state index in [-0.39, 0.29) is 28.1 Å². The van der Waals surface area contributed by atoms with Crippen LogP contribution in [0.15, 0.2) is 24.3 Å². The van der Waals surface area contributed by atoms with Crippen molar-refractivity contribution in [2.75, 3.05) is 0 Å². The van der Waals surface area contributed by atoms with Crippen LogP contribution in [0.3, 0.4) is 0 Å². The maximum absolute atomic E-state index is 11.5. The van der Waals surface area contributed by atoms with Crippen LogP contribution in [0, 0.1) is 0 Å². The molecular weight excluding hydrogens is 239 g/mol. The molecule has 0 aliphatic rings. The Morgan fingerprint density at radius 3 is 2.27 bits per heavy atom. The van der Waals surface area contributed by atoms with E-state index < -0.39 is 11.6 Å². The number of carbonyl (C=O) groups excluding carboxylic acids is 1. The molecule has 0 heterocycles. The predicted octanol–water partition coefficient (Wildman–Crippen LogP) is 2.35. The number of hydrogen-bond donors (Lipinski definition) is 1. The Morgan fingerprint density at radius 2 is 1.80 bits per heavy atom. The number of hydrogen-bond acceptors (Lipinski definition) is 3. The van der Waals surface area contributed by atoms with Gasteiger partial charge in [0, 0.05) is 0 Å². The van der Waals surface area contributed by atoms with Crippen LogP contribution < -0.4 is 0 Å². The second-order valence-electron chi connectivity index (χ2n) is 4.02. The normalized spacial score (nSPS) is 10.3. The van der Waals surface area contributed by atoms with E-state index in [0.717, 1.165) is 0 Å². The van der Waals surface area contributed by atoms with Crippen molar-refractivity contribution in [3.05, 3.63) is 29.8 Å². The number of esters is 1. The van der Waals surface area contributed by atoms with Crippen molar-refractivity contribution in [3.8, 4) is 5.75 Å². The monoisotopic (exact) mass is 253 g/mol. The van der Waals surface area contributed by atoms with E-state index in [9.17, 15) is 9.90 Å². The molecule has 1 radical (unpaired) electrons. The predicted molar refractivity (Wildman–Crippen MR) is 53.3 cm³/mol. The molecule has 0 saturated heterocycles. The third-order valence-corrected chi connectivity index (χ3v) is 1.52. The van der Waals surface area contributed by atoms with E-state index >= 15 is 0 Å². The Morgan fingerprint density at radius 1 is 1.27 bits per heavy atom. The molecule has 83 valence electrons. The van der Waals surface area contributed by atoms with Crippen molar-refractivity contribution >= 4 is 5.97 Å². The maximum Gasteiger partial charge on any atom is 2.00 e. The van der Waals surface area contributed by atoms with Crippen molar-refractivity contribution in [3.63, 3.8) is 0 Å². The van der Waals surface area contributed by atoms with Crippen molar-refractivity contribution in [1.82, 2.24) is 0 Å². The second-order valence-corrected chi connectivity index (χ2v) is 4.02. The Labute approximate surface area is 99.6 Å². The molecule has 0 bridgehead atoms. The Kier molecular flexibility index (Phi) is 4.84. The summed E-state index contributed by atoms with van der Waals surface area (Å²) in [5.41, 5.74) is -0.346. The van der Waals surface area contributed by atoms with Gasteiger partial charge in [0.2, 0.25) is 0 Å². The fourth-order valence-electron chi connectivity index (χ4n) is 0.979. The molecule has 0 atom stereocenters. The largest absolute Gasteiger partial charge is 2.00 e. The number of benzene rings is 1. The van der Waals surface area contributed by atoms with E-state index in [1.165, 1.54) is 12.1 Å². The Balaban J connectivity index is 0.00000196. The number of carbonyl (C=O) groups is 1. The first-order valence-corrected chi connectivity index (χ1v) is 4.41. The summed E-state index contributed by atoms with van der Waals surface area (Å²) in [6, 6.07) is 6.32. The number of rotatable bonds is 1. The second kappa shape index (κ2) is 5.18. The molecule has 0 spiro atoms. The summed E-state index contributed by atoms with van der Waals surface area (Å²) in [6.45, 7) is 5.35. The third kappa shape index (κ3) is 4.35. The zero-order valence-electron chi connectivity index (χ0n) is 8.91. The van der Waals surface area contributed by atoms with Gasteiger partial charge in [0.1, 0.15) is 16.9 Å². The molecule has 0 aliphatic carbocycles. The minimum Gasteiger partial charge on any atom is -0.507 e. The fraction of sp³-hybridized carbons (Fsp3) is 0.364. The Hall–Kier alpha value is -1.00. The molecule has 1 rings (SSSR count). The van der Waals surface area contributed by atoms with Crippen LogP contribution in [0.25, 0.3) is 0 Å². The van der Waals surface area contributed by atoms with Gasteiger partial charge in [-0.3, -0.25) is 0 Å². The van der Waals surface area contributed by atoms with Crippen LogP contribution in [0.1, 0.15) is 31.1 Å². The average molecular weight is 253 g/mol. The van der Waals surface area contributed by atoms with Crippen LogP contribution in [0.4, 0.5) is 0 Å². The van der Waals surface area contributed by atoms with Crippen LogP contribution >= 0.6 is 0 Å². The van der Waals surface area contributed by atoms with E-state index in [1.807, 2.05) is 0 Å². The molecule has 1 aromatic carbocycles. The SMILES string of the molecule is CC(C)(C)OC(=O)c1ccccc1O.[Co+2]. The molecule has 15 heavy (non-hydrogen) atoms. The summed E-state index contributed by atoms with van der Waals surface area (Å²) in [6.07, 6.45) is 0. The first-order valence-electron chi connectivity index (χ1n) is 4.41. The van der Waals surface area contributed by atoms with Crippen LogP contribution in [-0.2, 0) is 21.5 Å². The van der Waals surface area contributed by atoms with Crippen LogP contribution in [0.2, 0.25) is 0 Å². The summed E-state index contributed by atoms with van der Waals surface area (Å²) < 4.78 is 5.11. The minimum absolute atomic E-state index is 0. The van der Waals surface area contributed by atoms with Gasteiger partial charge in [-0.15, -0.1) is 0 Å². The zero-order valence-corrected chi connectivity index (χ0v) is 9.95. The van der Waals surface area contributed by atoms with Gasteiger partial charge in [-0.1, -0.05) is 12.1 Å². The molecule has 4 heteroatoms. The zero-order chi connectivity index (χ0) is 10.8. The molecule has 0 saturated carbocycles. The van der Waals surface area contributed by atoms with Gasteiger partial charge in [0.05, 0.1) is 0 Å². The third-order valence-electron chi connectivity index (χ3n) is 1.52. The Bertz CT molecular complexity index is 342. The topological polar surface area (TPSA) is 46.5 Å². The molecule has 1 aromatic rings. The van der Waals surface area contributed by atoms with Gasteiger partial charge in [0.15, 0.2) is 0 Å². The molecular formula is C11H14CoO3+2. The standard InChI is InChI=1S/C11H14O3.Co/c1-11(2,3)14-10(13)8-6-4-5-7-9(8)12;/h4-7,12H,1-3H3;/q;+2. The average Bonchev–Trinajstić information content (AvgIpc) is 2.01. The summed E-state index contributed by atoms with van der Waals surface area (Å²) in [5.74, 6) is -0.558. The van der Waals surface area contributed by atoms with E-state index in [2.05, 4.69) is 0 Å².